The first-order valence-corrected chi connectivity index (χ1v) is 9.08. The molecule has 0 unspecified atom stereocenters. The van der Waals surface area contributed by atoms with Crippen LogP contribution in [-0.4, -0.2) is 28.0 Å². The predicted molar refractivity (Wildman–Crippen MR) is 92.0 cm³/mol. The van der Waals surface area contributed by atoms with Crippen molar-refractivity contribution in [2.45, 2.75) is 52.1 Å². The molecular weight excluding hydrogens is 292 g/mol. The van der Waals surface area contributed by atoms with Gasteiger partial charge in [0.15, 0.2) is 0 Å². The average Bonchev–Trinajstić information content (AvgIpc) is 3.33. The number of aromatic nitrogens is 2. The van der Waals surface area contributed by atoms with Crippen LogP contribution in [0.5, 0.6) is 0 Å². The monoisotopic (exact) mass is 316 g/mol. The molecule has 0 spiro atoms. The molecule has 22 heavy (non-hydrogen) atoms. The number of hydrogen-bond acceptors (Lipinski definition) is 5. The lowest BCUT2D eigenvalue weighted by atomic mass is 10.1. The standard InChI is InChI=1S/C17H24N4S/c1-9-10(2)22-17-14(9)16(18)19-13(20-17)8-21(3)15(11-4-5-11)12-6-7-12/h11-12,15H,4-8H2,1-3H3,(H2,18,19,20). The lowest BCUT2D eigenvalue weighted by Gasteiger charge is -2.27. The fourth-order valence-electron chi connectivity index (χ4n) is 3.71. The Labute approximate surface area is 135 Å². The van der Waals surface area contributed by atoms with Crippen molar-refractivity contribution in [3.05, 3.63) is 16.3 Å². The average molecular weight is 316 g/mol. The van der Waals surface area contributed by atoms with Crippen molar-refractivity contribution >= 4 is 27.4 Å². The lowest BCUT2D eigenvalue weighted by Crippen LogP contribution is -2.35. The molecule has 4 rings (SSSR count). The number of nitrogens with two attached hydrogens (primary N) is 1. The van der Waals surface area contributed by atoms with Crippen LogP contribution in [0.25, 0.3) is 10.2 Å². The summed E-state index contributed by atoms with van der Waals surface area (Å²) in [5.74, 6) is 3.33. The SMILES string of the molecule is Cc1sc2nc(CN(C)C(C3CC3)C3CC3)nc(N)c2c1C. The highest BCUT2D eigenvalue weighted by molar-refractivity contribution is 7.18. The van der Waals surface area contributed by atoms with Crippen molar-refractivity contribution in [3.8, 4) is 0 Å². The number of anilines is 1. The normalized spacial score (nSPS) is 18.8. The van der Waals surface area contributed by atoms with Crippen molar-refractivity contribution in [3.63, 3.8) is 0 Å². The van der Waals surface area contributed by atoms with Gasteiger partial charge in [-0.3, -0.25) is 4.90 Å². The van der Waals surface area contributed by atoms with Gasteiger partial charge in [-0.25, -0.2) is 9.97 Å². The number of fused-ring (bicyclic) bond motifs is 1. The number of nitrogens with zero attached hydrogens (tertiary/aromatic N) is 3. The maximum absolute atomic E-state index is 6.20. The predicted octanol–water partition coefficient (Wildman–Crippen LogP) is 3.51. The third kappa shape index (κ3) is 2.50. The molecule has 0 radical (unpaired) electrons. The smallest absolute Gasteiger partial charge is 0.146 e. The maximum Gasteiger partial charge on any atom is 0.146 e. The Morgan fingerprint density at radius 2 is 1.82 bits per heavy atom. The van der Waals surface area contributed by atoms with Crippen molar-refractivity contribution in [2.75, 3.05) is 12.8 Å². The molecule has 0 aliphatic heterocycles. The fraction of sp³-hybridized carbons (Fsp3) is 0.647. The third-order valence-corrected chi connectivity index (χ3v) is 6.31. The Morgan fingerprint density at radius 3 is 2.41 bits per heavy atom. The van der Waals surface area contributed by atoms with E-state index in [9.17, 15) is 0 Å². The topological polar surface area (TPSA) is 55.0 Å². The van der Waals surface area contributed by atoms with E-state index in [0.717, 1.165) is 40.5 Å². The first-order chi connectivity index (χ1) is 10.5. The molecule has 118 valence electrons. The Morgan fingerprint density at radius 1 is 1.18 bits per heavy atom. The molecule has 0 amide bonds. The highest BCUT2D eigenvalue weighted by Gasteiger charge is 2.43. The molecule has 2 saturated carbocycles. The summed E-state index contributed by atoms with van der Waals surface area (Å²) in [6, 6.07) is 0.729. The molecule has 5 heteroatoms. The quantitative estimate of drug-likeness (QED) is 0.917. The van der Waals surface area contributed by atoms with Crippen molar-refractivity contribution in [1.82, 2.24) is 14.9 Å². The van der Waals surface area contributed by atoms with Gasteiger partial charge < -0.3 is 5.73 Å². The second-order valence-electron chi connectivity index (χ2n) is 7.07. The van der Waals surface area contributed by atoms with Gasteiger partial charge in [-0.1, -0.05) is 0 Å². The number of rotatable bonds is 5. The van der Waals surface area contributed by atoms with Crippen LogP contribution in [0.2, 0.25) is 0 Å². The van der Waals surface area contributed by atoms with Crippen LogP contribution in [-0.2, 0) is 6.54 Å². The molecular formula is C17H24N4S. The minimum Gasteiger partial charge on any atom is -0.383 e. The molecule has 0 atom stereocenters. The summed E-state index contributed by atoms with van der Waals surface area (Å²) in [5.41, 5.74) is 7.43. The van der Waals surface area contributed by atoms with E-state index in [1.807, 2.05) is 0 Å². The summed E-state index contributed by atoms with van der Waals surface area (Å²) in [4.78, 5) is 14.2. The minimum atomic E-state index is 0.643. The molecule has 2 aromatic rings. The van der Waals surface area contributed by atoms with Gasteiger partial charge in [0.25, 0.3) is 0 Å². The molecule has 2 aliphatic carbocycles. The summed E-state index contributed by atoms with van der Waals surface area (Å²) in [6.45, 7) is 5.05. The van der Waals surface area contributed by atoms with E-state index in [2.05, 4.69) is 30.8 Å². The summed E-state index contributed by atoms with van der Waals surface area (Å²) in [6.07, 6.45) is 5.60. The largest absolute Gasteiger partial charge is 0.383 e. The van der Waals surface area contributed by atoms with Gasteiger partial charge in [-0.05, 0) is 64.0 Å². The summed E-state index contributed by atoms with van der Waals surface area (Å²) < 4.78 is 0. The van der Waals surface area contributed by atoms with Gasteiger partial charge >= 0.3 is 0 Å². The summed E-state index contributed by atoms with van der Waals surface area (Å²) in [5, 5.41) is 1.05. The molecule has 0 bridgehead atoms. The zero-order valence-electron chi connectivity index (χ0n) is 13.6. The van der Waals surface area contributed by atoms with Gasteiger partial charge in [-0.2, -0.15) is 0 Å². The van der Waals surface area contributed by atoms with Crippen molar-refractivity contribution in [2.24, 2.45) is 11.8 Å². The number of hydrogen-bond donors (Lipinski definition) is 1. The summed E-state index contributed by atoms with van der Waals surface area (Å²) in [7, 11) is 2.23. The van der Waals surface area contributed by atoms with Crippen LogP contribution in [0.1, 0.15) is 41.9 Å². The number of thiophene rings is 1. The van der Waals surface area contributed by atoms with Crippen LogP contribution in [0.4, 0.5) is 5.82 Å². The Hall–Kier alpha value is -1.20. The Kier molecular flexibility index (Phi) is 3.38. The van der Waals surface area contributed by atoms with Crippen LogP contribution in [0.3, 0.4) is 0 Å². The number of nitrogen functional groups attached to an aromatic ring is 1. The molecule has 2 heterocycles. The van der Waals surface area contributed by atoms with E-state index in [1.54, 1.807) is 11.3 Å². The van der Waals surface area contributed by atoms with Gasteiger partial charge in [0.05, 0.1) is 11.9 Å². The molecule has 0 saturated heterocycles. The third-order valence-electron chi connectivity index (χ3n) is 5.21. The van der Waals surface area contributed by atoms with Gasteiger partial charge in [0, 0.05) is 10.9 Å². The second-order valence-corrected chi connectivity index (χ2v) is 8.27. The molecule has 2 aliphatic rings. The molecule has 0 aromatic carbocycles. The van der Waals surface area contributed by atoms with E-state index in [4.69, 9.17) is 10.7 Å². The van der Waals surface area contributed by atoms with Crippen LogP contribution >= 0.6 is 11.3 Å². The van der Waals surface area contributed by atoms with E-state index in [0.29, 0.717) is 5.82 Å². The van der Waals surface area contributed by atoms with Gasteiger partial charge in [0.1, 0.15) is 16.5 Å². The lowest BCUT2D eigenvalue weighted by molar-refractivity contribution is 0.183. The van der Waals surface area contributed by atoms with E-state index in [-0.39, 0.29) is 0 Å². The first kappa shape index (κ1) is 14.4. The van der Waals surface area contributed by atoms with E-state index >= 15 is 0 Å². The van der Waals surface area contributed by atoms with E-state index < -0.39 is 0 Å². The maximum atomic E-state index is 6.20. The van der Waals surface area contributed by atoms with Crippen LogP contribution in [0.15, 0.2) is 0 Å². The van der Waals surface area contributed by atoms with Gasteiger partial charge in [-0.15, -0.1) is 11.3 Å². The highest BCUT2D eigenvalue weighted by Crippen LogP contribution is 2.47. The van der Waals surface area contributed by atoms with Crippen molar-refractivity contribution in [1.29, 1.82) is 0 Å². The first-order valence-electron chi connectivity index (χ1n) is 8.27. The molecule has 2 fully saturated rings. The van der Waals surface area contributed by atoms with Crippen LogP contribution < -0.4 is 5.73 Å². The number of aryl methyl sites for hydroxylation is 2. The second kappa shape index (κ2) is 5.17. The Balaban J connectivity index is 1.60. The van der Waals surface area contributed by atoms with Crippen LogP contribution in [0, 0.1) is 25.7 Å². The zero-order chi connectivity index (χ0) is 15.4. The highest BCUT2D eigenvalue weighted by atomic mass is 32.1. The summed E-state index contributed by atoms with van der Waals surface area (Å²) >= 11 is 1.73. The zero-order valence-corrected chi connectivity index (χ0v) is 14.4. The molecule has 4 nitrogen and oxygen atoms in total. The van der Waals surface area contributed by atoms with Crippen molar-refractivity contribution < 1.29 is 0 Å². The van der Waals surface area contributed by atoms with E-state index in [1.165, 1.54) is 36.1 Å². The molecule has 2 aromatic heterocycles. The fourth-order valence-corrected chi connectivity index (χ4v) is 4.76. The molecule has 2 N–H and O–H groups in total. The minimum absolute atomic E-state index is 0.643. The Bertz CT molecular complexity index is 703. The van der Waals surface area contributed by atoms with Gasteiger partial charge in [0.2, 0.25) is 0 Å².